The van der Waals surface area contributed by atoms with Crippen LogP contribution in [0.2, 0.25) is 0 Å². The van der Waals surface area contributed by atoms with Crippen LogP contribution in [0, 0.1) is 0 Å². The SMILES string of the molecule is CC.CC.OCCOCCN1CCN(CCO)CC1. The van der Waals surface area contributed by atoms with Crippen LogP contribution < -0.4 is 0 Å². The molecule has 1 rings (SSSR count). The summed E-state index contributed by atoms with van der Waals surface area (Å²) in [4.78, 5) is 4.62. The second-order valence-electron chi connectivity index (χ2n) is 3.74. The smallest absolute Gasteiger partial charge is 0.0698 e. The highest BCUT2D eigenvalue weighted by Gasteiger charge is 2.15. The van der Waals surface area contributed by atoms with Crippen LogP contribution in [0.15, 0.2) is 0 Å². The zero-order chi connectivity index (χ0) is 14.9. The van der Waals surface area contributed by atoms with Gasteiger partial charge in [-0.3, -0.25) is 9.80 Å². The minimum Gasteiger partial charge on any atom is -0.395 e. The standard InChI is InChI=1S/C10H22N2O3.2C2H6/c13-7-5-11-1-3-12(4-2-11)6-9-15-10-8-14;2*1-2/h13-14H,1-10H2;2*1-2H3. The van der Waals surface area contributed by atoms with E-state index in [1.54, 1.807) is 0 Å². The van der Waals surface area contributed by atoms with Crippen molar-refractivity contribution < 1.29 is 14.9 Å². The third-order valence-electron chi connectivity index (χ3n) is 2.67. The third kappa shape index (κ3) is 12.6. The average Bonchev–Trinajstić information content (AvgIpc) is 2.50. The molecule has 5 heteroatoms. The maximum atomic E-state index is 8.79. The lowest BCUT2D eigenvalue weighted by Crippen LogP contribution is -2.47. The molecule has 0 aliphatic carbocycles. The highest BCUT2D eigenvalue weighted by molar-refractivity contribution is 4.71. The summed E-state index contributed by atoms with van der Waals surface area (Å²) in [5.74, 6) is 0. The molecule has 0 bridgehead atoms. The van der Waals surface area contributed by atoms with Crippen LogP contribution in [0.3, 0.4) is 0 Å². The van der Waals surface area contributed by atoms with Gasteiger partial charge in [-0.25, -0.2) is 0 Å². The van der Waals surface area contributed by atoms with Gasteiger partial charge >= 0.3 is 0 Å². The number of rotatable bonds is 7. The van der Waals surface area contributed by atoms with Gasteiger partial charge in [0.15, 0.2) is 0 Å². The lowest BCUT2D eigenvalue weighted by molar-refractivity contribution is 0.0546. The first kappa shape index (κ1) is 21.1. The van der Waals surface area contributed by atoms with Crippen LogP contribution in [0.1, 0.15) is 27.7 Å². The number of piperazine rings is 1. The Balaban J connectivity index is 0. The molecule has 0 aromatic carbocycles. The summed E-state index contributed by atoms with van der Waals surface area (Å²) in [7, 11) is 0. The Hall–Kier alpha value is -0.200. The molecule has 19 heavy (non-hydrogen) atoms. The van der Waals surface area contributed by atoms with Crippen LogP contribution in [0.25, 0.3) is 0 Å². The Morgan fingerprint density at radius 2 is 1.21 bits per heavy atom. The van der Waals surface area contributed by atoms with E-state index in [-0.39, 0.29) is 13.2 Å². The van der Waals surface area contributed by atoms with E-state index in [1.165, 1.54) is 0 Å². The molecule has 0 radical (unpaired) electrons. The van der Waals surface area contributed by atoms with Crippen molar-refractivity contribution >= 4 is 0 Å². The van der Waals surface area contributed by atoms with Crippen LogP contribution in [-0.2, 0) is 4.74 Å². The quantitative estimate of drug-likeness (QED) is 0.670. The molecular weight excluding hydrogens is 244 g/mol. The lowest BCUT2D eigenvalue weighted by atomic mass is 10.3. The zero-order valence-corrected chi connectivity index (χ0v) is 13.3. The van der Waals surface area contributed by atoms with Gasteiger partial charge in [-0.1, -0.05) is 27.7 Å². The van der Waals surface area contributed by atoms with Gasteiger partial charge < -0.3 is 14.9 Å². The molecule has 0 aromatic rings. The molecule has 0 atom stereocenters. The Labute approximate surface area is 119 Å². The number of hydrogen-bond donors (Lipinski definition) is 2. The summed E-state index contributed by atoms with van der Waals surface area (Å²) in [6, 6.07) is 0. The van der Waals surface area contributed by atoms with Gasteiger partial charge in [0.25, 0.3) is 0 Å². The van der Waals surface area contributed by atoms with Gasteiger partial charge in [0, 0.05) is 39.3 Å². The van der Waals surface area contributed by atoms with Crippen molar-refractivity contribution in [2.45, 2.75) is 27.7 Å². The number of aliphatic hydroxyl groups excluding tert-OH is 2. The number of ether oxygens (including phenoxy) is 1. The van der Waals surface area contributed by atoms with Crippen molar-refractivity contribution in [3.05, 3.63) is 0 Å². The molecule has 0 spiro atoms. The minimum absolute atomic E-state index is 0.101. The van der Waals surface area contributed by atoms with Crippen LogP contribution in [0.5, 0.6) is 0 Å². The minimum atomic E-state index is 0.101. The van der Waals surface area contributed by atoms with Crippen molar-refractivity contribution in [3.8, 4) is 0 Å². The zero-order valence-electron chi connectivity index (χ0n) is 13.3. The van der Waals surface area contributed by atoms with E-state index in [4.69, 9.17) is 14.9 Å². The maximum Gasteiger partial charge on any atom is 0.0698 e. The highest BCUT2D eigenvalue weighted by Crippen LogP contribution is 2.00. The Kier molecular flexibility index (Phi) is 19.8. The van der Waals surface area contributed by atoms with E-state index < -0.39 is 0 Å². The monoisotopic (exact) mass is 278 g/mol. The molecule has 0 unspecified atom stereocenters. The largest absolute Gasteiger partial charge is 0.395 e. The number of aliphatic hydroxyl groups is 2. The predicted molar refractivity (Wildman–Crippen MR) is 80.6 cm³/mol. The summed E-state index contributed by atoms with van der Waals surface area (Å²) >= 11 is 0. The van der Waals surface area contributed by atoms with Gasteiger partial charge in [-0.15, -0.1) is 0 Å². The van der Waals surface area contributed by atoms with Crippen molar-refractivity contribution in [3.63, 3.8) is 0 Å². The van der Waals surface area contributed by atoms with Gasteiger partial charge in [0.2, 0.25) is 0 Å². The molecule has 1 aliphatic heterocycles. The molecule has 5 nitrogen and oxygen atoms in total. The summed E-state index contributed by atoms with van der Waals surface area (Å²) in [6.45, 7) is 15.4. The molecule has 1 saturated heterocycles. The van der Waals surface area contributed by atoms with Gasteiger partial charge in [0.1, 0.15) is 0 Å². The van der Waals surface area contributed by atoms with Crippen molar-refractivity contribution in [2.75, 3.05) is 65.7 Å². The number of nitrogens with zero attached hydrogens (tertiary/aromatic N) is 2. The Bertz CT molecular complexity index is 149. The first-order valence-electron chi connectivity index (χ1n) is 7.61. The van der Waals surface area contributed by atoms with E-state index >= 15 is 0 Å². The van der Waals surface area contributed by atoms with Gasteiger partial charge in [-0.05, 0) is 0 Å². The molecule has 2 N–H and O–H groups in total. The van der Waals surface area contributed by atoms with Crippen LogP contribution in [-0.4, -0.2) is 85.7 Å². The molecule has 0 amide bonds. The Morgan fingerprint density at radius 1 is 0.737 bits per heavy atom. The normalized spacial score (nSPS) is 16.1. The first-order chi connectivity index (χ1) is 9.36. The Morgan fingerprint density at radius 3 is 1.63 bits per heavy atom. The van der Waals surface area contributed by atoms with Crippen molar-refractivity contribution in [2.24, 2.45) is 0 Å². The summed E-state index contributed by atoms with van der Waals surface area (Å²) in [5, 5.41) is 17.3. The predicted octanol–water partition coefficient (Wildman–Crippen LogP) is 0.658. The van der Waals surface area contributed by atoms with E-state index in [9.17, 15) is 0 Å². The molecular formula is C14H34N2O3. The third-order valence-corrected chi connectivity index (χ3v) is 2.67. The first-order valence-corrected chi connectivity index (χ1v) is 7.61. The maximum absolute atomic E-state index is 8.79. The lowest BCUT2D eigenvalue weighted by Gasteiger charge is -2.34. The molecule has 118 valence electrons. The molecule has 1 fully saturated rings. The summed E-state index contributed by atoms with van der Waals surface area (Å²) in [6.07, 6.45) is 0. The van der Waals surface area contributed by atoms with Crippen molar-refractivity contribution in [1.82, 2.24) is 9.80 Å². The summed E-state index contributed by atoms with van der Waals surface area (Å²) < 4.78 is 5.21. The van der Waals surface area contributed by atoms with E-state index in [0.29, 0.717) is 13.2 Å². The second-order valence-corrected chi connectivity index (χ2v) is 3.74. The van der Waals surface area contributed by atoms with Crippen LogP contribution in [0.4, 0.5) is 0 Å². The molecule has 1 aliphatic rings. The van der Waals surface area contributed by atoms with E-state index in [2.05, 4.69) is 9.80 Å². The topological polar surface area (TPSA) is 56.2 Å². The fourth-order valence-electron chi connectivity index (χ4n) is 1.74. The van der Waals surface area contributed by atoms with Crippen molar-refractivity contribution in [1.29, 1.82) is 0 Å². The fraction of sp³-hybridized carbons (Fsp3) is 1.00. The summed E-state index contributed by atoms with van der Waals surface area (Å²) in [5.41, 5.74) is 0. The average molecular weight is 278 g/mol. The van der Waals surface area contributed by atoms with Gasteiger partial charge in [-0.2, -0.15) is 0 Å². The van der Waals surface area contributed by atoms with Gasteiger partial charge in [0.05, 0.1) is 26.4 Å². The van der Waals surface area contributed by atoms with E-state index in [0.717, 1.165) is 39.3 Å². The van der Waals surface area contributed by atoms with Crippen LogP contribution >= 0.6 is 0 Å². The highest BCUT2D eigenvalue weighted by atomic mass is 16.5. The number of hydrogen-bond acceptors (Lipinski definition) is 5. The number of β-amino-alcohol motifs (C(OH)–C–C–N with tert-alkyl or cyclic N) is 1. The fourth-order valence-corrected chi connectivity index (χ4v) is 1.74. The molecule has 1 heterocycles. The molecule has 0 saturated carbocycles. The molecule has 0 aromatic heterocycles. The van der Waals surface area contributed by atoms with E-state index in [1.807, 2.05) is 27.7 Å². The second kappa shape index (κ2) is 17.8.